The van der Waals surface area contributed by atoms with E-state index < -0.39 is 24.2 Å². The number of carbonyl (C=O) groups excluding carboxylic acids is 1. The van der Waals surface area contributed by atoms with Gasteiger partial charge in [0.1, 0.15) is 0 Å². The number of carbonyl (C=O) groups is 1. The van der Waals surface area contributed by atoms with Crippen LogP contribution in [-0.4, -0.2) is 51.7 Å². The number of hydrogen-bond donors (Lipinski definition) is 3. The highest BCUT2D eigenvalue weighted by molar-refractivity contribution is 5.82. The lowest BCUT2D eigenvalue weighted by atomic mass is 9.87. The third kappa shape index (κ3) is 4.43. The topological polar surface area (TPSA) is 82.0 Å². The largest absolute Gasteiger partial charge is 0.392 e. The molecule has 1 saturated heterocycles. The quantitative estimate of drug-likeness (QED) is 0.711. The Labute approximate surface area is 155 Å². The molecule has 1 aliphatic heterocycles. The van der Waals surface area contributed by atoms with Gasteiger partial charge in [-0.25, -0.2) is 4.90 Å². The fourth-order valence-electron chi connectivity index (χ4n) is 3.90. The summed E-state index contributed by atoms with van der Waals surface area (Å²) in [5, 5.41) is 23.6. The SMILES string of the molecule is CC(C)(C)OC(O)N1C[C@H](O)C[C@H]1C(=O)N[C@@H]1CCCc2ccccc21. The molecule has 144 valence electrons. The van der Waals surface area contributed by atoms with E-state index >= 15 is 0 Å². The smallest absolute Gasteiger partial charge is 0.238 e. The minimum Gasteiger partial charge on any atom is -0.392 e. The molecule has 1 amide bonds. The van der Waals surface area contributed by atoms with Gasteiger partial charge in [-0.1, -0.05) is 24.3 Å². The van der Waals surface area contributed by atoms with Crippen LogP contribution in [0.2, 0.25) is 0 Å². The summed E-state index contributed by atoms with van der Waals surface area (Å²) in [6.45, 7) is 5.75. The number of hydrogen-bond acceptors (Lipinski definition) is 5. The van der Waals surface area contributed by atoms with Crippen LogP contribution in [0.1, 0.15) is 57.2 Å². The molecule has 0 radical (unpaired) electrons. The highest BCUT2D eigenvalue weighted by Gasteiger charge is 2.41. The number of aliphatic hydroxyl groups excluding tert-OH is 2. The first-order valence-electron chi connectivity index (χ1n) is 9.42. The zero-order chi connectivity index (χ0) is 18.9. The van der Waals surface area contributed by atoms with Crippen LogP contribution in [0.3, 0.4) is 0 Å². The molecule has 1 aromatic rings. The Morgan fingerprint density at radius 2 is 2.08 bits per heavy atom. The number of fused-ring (bicyclic) bond motifs is 1. The van der Waals surface area contributed by atoms with Crippen LogP contribution < -0.4 is 5.32 Å². The Morgan fingerprint density at radius 1 is 1.35 bits per heavy atom. The minimum absolute atomic E-state index is 0.0206. The average Bonchev–Trinajstić information content (AvgIpc) is 2.96. The van der Waals surface area contributed by atoms with Crippen molar-refractivity contribution in [1.29, 1.82) is 0 Å². The van der Waals surface area contributed by atoms with Gasteiger partial charge in [-0.3, -0.25) is 4.79 Å². The van der Waals surface area contributed by atoms with Crippen molar-refractivity contribution in [3.8, 4) is 0 Å². The normalized spacial score (nSPS) is 27.8. The first-order valence-corrected chi connectivity index (χ1v) is 9.42. The Balaban J connectivity index is 1.70. The maximum atomic E-state index is 12.9. The van der Waals surface area contributed by atoms with Crippen molar-refractivity contribution in [2.24, 2.45) is 0 Å². The third-order valence-corrected chi connectivity index (χ3v) is 5.05. The lowest BCUT2D eigenvalue weighted by molar-refractivity contribution is -0.242. The summed E-state index contributed by atoms with van der Waals surface area (Å²) in [7, 11) is 0. The third-order valence-electron chi connectivity index (χ3n) is 5.05. The van der Waals surface area contributed by atoms with Crippen molar-refractivity contribution in [3.63, 3.8) is 0 Å². The van der Waals surface area contributed by atoms with Crippen LogP contribution in [-0.2, 0) is 16.0 Å². The number of aryl methyl sites for hydroxylation is 1. The minimum atomic E-state index is -1.22. The summed E-state index contributed by atoms with van der Waals surface area (Å²) in [6.07, 6.45) is 1.40. The van der Waals surface area contributed by atoms with Crippen molar-refractivity contribution in [2.75, 3.05) is 6.54 Å². The highest BCUT2D eigenvalue weighted by atomic mass is 16.6. The summed E-state index contributed by atoms with van der Waals surface area (Å²) >= 11 is 0. The number of nitrogens with zero attached hydrogens (tertiary/aromatic N) is 1. The van der Waals surface area contributed by atoms with Crippen molar-refractivity contribution in [2.45, 2.75) is 76.7 Å². The molecule has 1 unspecified atom stereocenters. The van der Waals surface area contributed by atoms with Crippen LogP contribution in [0.4, 0.5) is 0 Å². The van der Waals surface area contributed by atoms with E-state index in [0.29, 0.717) is 6.42 Å². The Kier molecular flexibility index (Phi) is 5.67. The molecule has 3 N–H and O–H groups in total. The maximum absolute atomic E-state index is 12.9. The first kappa shape index (κ1) is 19.3. The van der Waals surface area contributed by atoms with Gasteiger partial charge in [0, 0.05) is 6.54 Å². The van der Waals surface area contributed by atoms with Crippen molar-refractivity contribution in [1.82, 2.24) is 10.2 Å². The van der Waals surface area contributed by atoms with Gasteiger partial charge in [-0.05, 0) is 57.6 Å². The van der Waals surface area contributed by atoms with Gasteiger partial charge in [-0.15, -0.1) is 0 Å². The predicted molar refractivity (Wildman–Crippen MR) is 98.2 cm³/mol. The molecular weight excluding hydrogens is 332 g/mol. The van der Waals surface area contributed by atoms with Gasteiger partial charge in [-0.2, -0.15) is 0 Å². The molecule has 3 rings (SSSR count). The molecule has 1 fully saturated rings. The van der Waals surface area contributed by atoms with Crippen molar-refractivity contribution < 1.29 is 19.7 Å². The van der Waals surface area contributed by atoms with Crippen LogP contribution in [0, 0.1) is 0 Å². The molecule has 0 bridgehead atoms. The second kappa shape index (κ2) is 7.64. The van der Waals surface area contributed by atoms with E-state index in [2.05, 4.69) is 17.4 Å². The molecule has 4 atom stereocenters. The highest BCUT2D eigenvalue weighted by Crippen LogP contribution is 2.30. The van der Waals surface area contributed by atoms with E-state index in [4.69, 9.17) is 4.74 Å². The fraction of sp³-hybridized carbons (Fsp3) is 0.650. The molecule has 26 heavy (non-hydrogen) atoms. The van der Waals surface area contributed by atoms with Gasteiger partial charge in [0.05, 0.1) is 23.8 Å². The van der Waals surface area contributed by atoms with E-state index in [1.165, 1.54) is 11.1 Å². The van der Waals surface area contributed by atoms with E-state index in [-0.39, 0.29) is 18.5 Å². The molecule has 6 heteroatoms. The summed E-state index contributed by atoms with van der Waals surface area (Å²) in [4.78, 5) is 14.5. The lowest BCUT2D eigenvalue weighted by Gasteiger charge is -2.34. The number of aliphatic hydroxyl groups is 2. The first-order chi connectivity index (χ1) is 12.2. The Bertz CT molecular complexity index is 643. The van der Waals surface area contributed by atoms with Gasteiger partial charge in [0.2, 0.25) is 12.3 Å². The number of amides is 1. The van der Waals surface area contributed by atoms with Gasteiger partial charge in [0.25, 0.3) is 0 Å². The molecular formula is C20H30N2O4. The van der Waals surface area contributed by atoms with Crippen LogP contribution in [0.15, 0.2) is 24.3 Å². The number of β-amino-alcohol motifs (C(OH)–C–C–N with tert-alkyl or cyclic N) is 1. The van der Waals surface area contributed by atoms with Gasteiger partial charge >= 0.3 is 0 Å². The monoisotopic (exact) mass is 362 g/mol. The second-order valence-corrected chi connectivity index (χ2v) is 8.31. The van der Waals surface area contributed by atoms with Crippen LogP contribution in [0.5, 0.6) is 0 Å². The summed E-state index contributed by atoms with van der Waals surface area (Å²) in [5.41, 5.74) is 1.91. The standard InChI is InChI=1S/C20H30N2O4/c1-20(2,3)26-19(25)22-12-14(23)11-17(22)18(24)21-16-10-6-8-13-7-4-5-9-15(13)16/h4-5,7,9,14,16-17,19,23,25H,6,8,10-12H2,1-3H3,(H,21,24)/t14-,16-,17+,19?/m1/s1. The van der Waals surface area contributed by atoms with Crippen LogP contribution in [0.25, 0.3) is 0 Å². The average molecular weight is 362 g/mol. The van der Waals surface area contributed by atoms with Crippen molar-refractivity contribution >= 4 is 5.91 Å². The lowest BCUT2D eigenvalue weighted by Crippen LogP contribution is -2.51. The van der Waals surface area contributed by atoms with E-state index in [1.807, 2.05) is 32.9 Å². The fourth-order valence-corrected chi connectivity index (χ4v) is 3.90. The zero-order valence-electron chi connectivity index (χ0n) is 15.8. The molecule has 0 saturated carbocycles. The molecule has 0 spiro atoms. The van der Waals surface area contributed by atoms with E-state index in [9.17, 15) is 15.0 Å². The summed E-state index contributed by atoms with van der Waals surface area (Å²) in [6, 6.07) is 7.58. The molecule has 2 aliphatic rings. The molecule has 1 aromatic carbocycles. The van der Waals surface area contributed by atoms with E-state index in [0.717, 1.165) is 19.3 Å². The van der Waals surface area contributed by atoms with Crippen LogP contribution >= 0.6 is 0 Å². The zero-order valence-corrected chi connectivity index (χ0v) is 15.8. The predicted octanol–water partition coefficient (Wildman–Crippen LogP) is 1.71. The molecule has 1 aliphatic carbocycles. The number of benzene rings is 1. The maximum Gasteiger partial charge on any atom is 0.238 e. The Morgan fingerprint density at radius 3 is 2.81 bits per heavy atom. The molecule has 0 aromatic heterocycles. The summed E-state index contributed by atoms with van der Waals surface area (Å²) in [5.74, 6) is -0.167. The van der Waals surface area contributed by atoms with Gasteiger partial charge < -0.3 is 20.3 Å². The number of nitrogens with one attached hydrogen (secondary N) is 1. The van der Waals surface area contributed by atoms with Gasteiger partial charge in [0.15, 0.2) is 0 Å². The van der Waals surface area contributed by atoms with E-state index in [1.54, 1.807) is 4.90 Å². The number of likely N-dealkylation sites (tertiary alicyclic amines) is 1. The molecule has 6 nitrogen and oxygen atoms in total. The number of rotatable bonds is 4. The molecule has 1 heterocycles. The Hall–Kier alpha value is -1.47. The number of ether oxygens (including phenoxy) is 1. The summed E-state index contributed by atoms with van der Waals surface area (Å²) < 4.78 is 5.59. The second-order valence-electron chi connectivity index (χ2n) is 8.31. The van der Waals surface area contributed by atoms with Crippen molar-refractivity contribution in [3.05, 3.63) is 35.4 Å².